The van der Waals surface area contributed by atoms with Crippen LogP contribution in [0.25, 0.3) is 0 Å². The second-order valence-electron chi connectivity index (χ2n) is 11.3. The van der Waals surface area contributed by atoms with Crippen LogP contribution in [-0.2, 0) is 30.8 Å². The number of carbonyl (C=O) groups is 2. The molecule has 0 saturated carbocycles. The van der Waals surface area contributed by atoms with Gasteiger partial charge in [0.15, 0.2) is 0 Å². The van der Waals surface area contributed by atoms with Crippen molar-refractivity contribution >= 4 is 28.3 Å². The summed E-state index contributed by atoms with van der Waals surface area (Å²) in [5, 5.41) is 3.71. The van der Waals surface area contributed by atoms with Gasteiger partial charge < -0.3 is 9.64 Å². The number of hydrogen-bond donors (Lipinski definition) is 1. The van der Waals surface area contributed by atoms with Gasteiger partial charge in [-0.15, -0.1) is 11.3 Å². The van der Waals surface area contributed by atoms with Crippen LogP contribution in [0, 0.1) is 0 Å². The molecule has 2 aliphatic rings. The third-order valence-electron chi connectivity index (χ3n) is 7.12. The highest BCUT2D eigenvalue weighted by molar-refractivity contribution is 7.17. The van der Waals surface area contributed by atoms with Gasteiger partial charge in [-0.25, -0.2) is 9.59 Å². The van der Waals surface area contributed by atoms with Crippen molar-refractivity contribution in [1.82, 2.24) is 14.7 Å². The predicted molar refractivity (Wildman–Crippen MR) is 156 cm³/mol. The highest BCUT2D eigenvalue weighted by Gasteiger charge is 2.32. The number of carbonyl (C=O) groups excluding carboxylic acids is 2. The van der Waals surface area contributed by atoms with E-state index in [0.717, 1.165) is 56.1 Å². The minimum atomic E-state index is -0.615. The predicted octanol–water partition coefficient (Wildman–Crippen LogP) is 5.61. The smallest absolute Gasteiger partial charge is 0.341 e. The number of fused-ring (bicyclic) bond motifs is 1. The van der Waals surface area contributed by atoms with Crippen LogP contribution < -0.4 is 5.32 Å². The fourth-order valence-corrected chi connectivity index (χ4v) is 6.46. The summed E-state index contributed by atoms with van der Waals surface area (Å²) in [5.74, 6) is -0.362. The highest BCUT2D eigenvalue weighted by atomic mass is 32.1. The van der Waals surface area contributed by atoms with Gasteiger partial charge >= 0.3 is 12.0 Å². The van der Waals surface area contributed by atoms with E-state index in [1.54, 1.807) is 0 Å². The first-order valence-corrected chi connectivity index (χ1v) is 14.5. The summed E-state index contributed by atoms with van der Waals surface area (Å²) in [6, 6.07) is 20.7. The molecule has 3 aromatic rings. The zero-order valence-electron chi connectivity index (χ0n) is 23.1. The second-order valence-corrected chi connectivity index (χ2v) is 12.4. The molecule has 0 atom stereocenters. The quantitative estimate of drug-likeness (QED) is 0.407. The van der Waals surface area contributed by atoms with E-state index in [4.69, 9.17) is 4.74 Å². The maximum atomic E-state index is 13.4. The number of anilines is 1. The van der Waals surface area contributed by atoms with Crippen molar-refractivity contribution in [3.8, 4) is 0 Å². The van der Waals surface area contributed by atoms with Gasteiger partial charge in [-0.05, 0) is 43.9 Å². The SMILES string of the molecule is CC(C)(C)OC(=O)c1c(NC(=O)N2CCN(Cc3ccccc3)CC2)sc2c1CCN(Cc1ccccc1)C2. The Morgan fingerprint density at radius 2 is 1.44 bits per heavy atom. The zero-order chi connectivity index (χ0) is 27.4. The second kappa shape index (κ2) is 11.9. The van der Waals surface area contributed by atoms with Crippen molar-refractivity contribution in [3.63, 3.8) is 0 Å². The lowest BCUT2D eigenvalue weighted by Crippen LogP contribution is -2.49. The van der Waals surface area contributed by atoms with Crippen molar-refractivity contribution in [2.24, 2.45) is 0 Å². The van der Waals surface area contributed by atoms with Crippen molar-refractivity contribution in [3.05, 3.63) is 87.8 Å². The molecular weight excluding hydrogens is 508 g/mol. The number of nitrogens with zero attached hydrogens (tertiary/aromatic N) is 3. The normalized spacial score (nSPS) is 16.5. The summed E-state index contributed by atoms with van der Waals surface area (Å²) in [5.41, 5.74) is 3.48. The van der Waals surface area contributed by atoms with E-state index in [0.29, 0.717) is 23.7 Å². The maximum absolute atomic E-state index is 13.4. The van der Waals surface area contributed by atoms with Crippen LogP contribution in [0.2, 0.25) is 0 Å². The van der Waals surface area contributed by atoms with Crippen LogP contribution in [-0.4, -0.2) is 65.0 Å². The van der Waals surface area contributed by atoms with Crippen LogP contribution in [0.4, 0.5) is 9.80 Å². The van der Waals surface area contributed by atoms with E-state index in [1.165, 1.54) is 22.5 Å². The Balaban J connectivity index is 1.28. The van der Waals surface area contributed by atoms with Gasteiger partial charge in [0.25, 0.3) is 0 Å². The standard InChI is InChI=1S/C31H38N4O3S/c1-31(2,3)38-29(36)27-25-14-15-34(21-24-12-8-5-9-13-24)22-26(25)39-28(27)32-30(37)35-18-16-33(17-19-35)20-23-10-6-4-7-11-23/h4-13H,14-22H2,1-3H3,(H,32,37). The Morgan fingerprint density at radius 1 is 0.846 bits per heavy atom. The summed E-state index contributed by atoms with van der Waals surface area (Å²) in [6.45, 7) is 11.9. The van der Waals surface area contributed by atoms with Crippen LogP contribution in [0.15, 0.2) is 60.7 Å². The Labute approximate surface area is 235 Å². The third-order valence-corrected chi connectivity index (χ3v) is 8.25. The molecule has 0 bridgehead atoms. The number of piperazine rings is 1. The summed E-state index contributed by atoms with van der Waals surface area (Å²) in [6.07, 6.45) is 0.751. The average Bonchev–Trinajstić information content (AvgIpc) is 3.26. The molecule has 5 rings (SSSR count). The van der Waals surface area contributed by atoms with Crippen molar-refractivity contribution in [2.75, 3.05) is 38.0 Å². The fourth-order valence-electron chi connectivity index (χ4n) is 5.19. The van der Waals surface area contributed by atoms with E-state index in [-0.39, 0.29) is 12.0 Å². The summed E-state index contributed by atoms with van der Waals surface area (Å²) in [7, 11) is 0. The molecule has 7 nitrogen and oxygen atoms in total. The van der Waals surface area contributed by atoms with E-state index in [9.17, 15) is 9.59 Å². The summed E-state index contributed by atoms with van der Waals surface area (Å²) < 4.78 is 5.79. The number of esters is 1. The monoisotopic (exact) mass is 546 g/mol. The molecule has 0 unspecified atom stereocenters. The number of rotatable bonds is 6. The molecule has 0 spiro atoms. The molecule has 8 heteroatoms. The van der Waals surface area contributed by atoms with E-state index < -0.39 is 5.60 Å². The zero-order valence-corrected chi connectivity index (χ0v) is 23.9. The van der Waals surface area contributed by atoms with Crippen LogP contribution in [0.1, 0.15) is 52.7 Å². The van der Waals surface area contributed by atoms with Gasteiger partial charge in [0, 0.05) is 57.2 Å². The van der Waals surface area contributed by atoms with Crippen LogP contribution >= 0.6 is 11.3 Å². The third kappa shape index (κ3) is 7.06. The molecule has 206 valence electrons. The number of thiophene rings is 1. The first-order chi connectivity index (χ1) is 18.7. The Hall–Kier alpha value is -3.20. The van der Waals surface area contributed by atoms with Crippen LogP contribution in [0.3, 0.4) is 0 Å². The minimum Gasteiger partial charge on any atom is -0.456 e. The summed E-state index contributed by atoms with van der Waals surface area (Å²) in [4.78, 5) is 34.5. The summed E-state index contributed by atoms with van der Waals surface area (Å²) >= 11 is 1.51. The average molecular weight is 547 g/mol. The fraction of sp³-hybridized carbons (Fsp3) is 0.419. The van der Waals surface area contributed by atoms with E-state index in [2.05, 4.69) is 63.6 Å². The Bertz CT molecular complexity index is 1280. The molecule has 3 heterocycles. The maximum Gasteiger partial charge on any atom is 0.341 e. The first-order valence-electron chi connectivity index (χ1n) is 13.7. The number of amides is 2. The Morgan fingerprint density at radius 3 is 2.03 bits per heavy atom. The van der Waals surface area contributed by atoms with E-state index >= 15 is 0 Å². The number of hydrogen-bond acceptors (Lipinski definition) is 6. The highest BCUT2D eigenvalue weighted by Crippen LogP contribution is 2.38. The largest absolute Gasteiger partial charge is 0.456 e. The Kier molecular flexibility index (Phi) is 8.35. The van der Waals surface area contributed by atoms with Crippen LogP contribution in [0.5, 0.6) is 0 Å². The molecule has 1 N–H and O–H groups in total. The number of ether oxygens (including phenoxy) is 1. The topological polar surface area (TPSA) is 65.1 Å². The lowest BCUT2D eigenvalue weighted by Gasteiger charge is -2.34. The number of urea groups is 1. The molecule has 39 heavy (non-hydrogen) atoms. The molecule has 2 aliphatic heterocycles. The van der Waals surface area contributed by atoms with Gasteiger partial charge in [-0.3, -0.25) is 15.1 Å². The van der Waals surface area contributed by atoms with E-state index in [1.807, 2.05) is 37.8 Å². The lowest BCUT2D eigenvalue weighted by atomic mass is 10.0. The molecule has 1 saturated heterocycles. The molecular formula is C31H38N4O3S. The molecule has 1 aromatic heterocycles. The molecule has 2 aromatic carbocycles. The van der Waals surface area contributed by atoms with Gasteiger partial charge in [0.05, 0.1) is 5.56 Å². The molecule has 1 fully saturated rings. The molecule has 0 radical (unpaired) electrons. The minimum absolute atomic E-state index is 0.154. The van der Waals surface area contributed by atoms with Crippen molar-refractivity contribution < 1.29 is 14.3 Å². The number of benzene rings is 2. The number of nitrogens with one attached hydrogen (secondary N) is 1. The van der Waals surface area contributed by atoms with Gasteiger partial charge in [-0.1, -0.05) is 60.7 Å². The lowest BCUT2D eigenvalue weighted by molar-refractivity contribution is 0.00694. The molecule has 0 aliphatic carbocycles. The van der Waals surface area contributed by atoms with Gasteiger partial charge in [0.2, 0.25) is 0 Å². The van der Waals surface area contributed by atoms with Gasteiger partial charge in [0.1, 0.15) is 10.6 Å². The first kappa shape index (κ1) is 27.4. The molecule has 2 amide bonds. The van der Waals surface area contributed by atoms with Crippen molar-refractivity contribution in [1.29, 1.82) is 0 Å². The van der Waals surface area contributed by atoms with Crippen molar-refractivity contribution in [2.45, 2.75) is 52.4 Å². The van der Waals surface area contributed by atoms with Gasteiger partial charge in [-0.2, -0.15) is 0 Å².